The average molecular weight is 305 g/mol. The molecular weight excluding hydrogens is 282 g/mol. The largest absolute Gasteiger partial charge is 0.381 e. The van der Waals surface area contributed by atoms with Crippen molar-refractivity contribution < 1.29 is 14.3 Å². The van der Waals surface area contributed by atoms with Gasteiger partial charge in [-0.25, -0.2) is 0 Å². The van der Waals surface area contributed by atoms with Crippen LogP contribution in [0.15, 0.2) is 24.3 Å². The quantitative estimate of drug-likeness (QED) is 0.789. The molecule has 1 aromatic carbocycles. The molecule has 1 heterocycles. The molecule has 0 atom stereocenters. The lowest BCUT2D eigenvalue weighted by Crippen LogP contribution is -2.54. The summed E-state index contributed by atoms with van der Waals surface area (Å²) in [5.41, 5.74) is 6.61. The van der Waals surface area contributed by atoms with Crippen LogP contribution in [-0.2, 0) is 14.3 Å². The number of anilines is 2. The van der Waals surface area contributed by atoms with Gasteiger partial charge in [0, 0.05) is 30.5 Å². The monoisotopic (exact) mass is 305 g/mol. The first kappa shape index (κ1) is 16.5. The summed E-state index contributed by atoms with van der Waals surface area (Å²) in [7, 11) is 0. The van der Waals surface area contributed by atoms with Crippen LogP contribution in [0.4, 0.5) is 11.4 Å². The Hall–Kier alpha value is -1.92. The molecule has 1 saturated heterocycles. The minimum absolute atomic E-state index is 0.0418. The van der Waals surface area contributed by atoms with Crippen molar-refractivity contribution in [1.29, 1.82) is 0 Å². The number of ether oxygens (including phenoxy) is 1. The van der Waals surface area contributed by atoms with Gasteiger partial charge in [0.05, 0.1) is 0 Å². The third-order valence-corrected chi connectivity index (χ3v) is 3.77. The van der Waals surface area contributed by atoms with E-state index in [-0.39, 0.29) is 17.7 Å². The van der Waals surface area contributed by atoms with Crippen molar-refractivity contribution in [3.63, 3.8) is 0 Å². The number of hydrogen-bond donors (Lipinski definition) is 3. The van der Waals surface area contributed by atoms with E-state index in [4.69, 9.17) is 10.5 Å². The maximum absolute atomic E-state index is 12.3. The second-order valence-electron chi connectivity index (χ2n) is 5.94. The molecule has 0 aliphatic carbocycles. The van der Waals surface area contributed by atoms with Crippen molar-refractivity contribution in [2.24, 2.45) is 11.7 Å². The summed E-state index contributed by atoms with van der Waals surface area (Å²) < 4.78 is 5.24. The van der Waals surface area contributed by atoms with Gasteiger partial charge in [0.15, 0.2) is 0 Å². The first-order valence-electron chi connectivity index (χ1n) is 7.50. The molecule has 2 rings (SSSR count). The normalized spacial score (nSPS) is 17.1. The van der Waals surface area contributed by atoms with Gasteiger partial charge in [0.1, 0.15) is 5.54 Å². The fourth-order valence-corrected chi connectivity index (χ4v) is 2.14. The van der Waals surface area contributed by atoms with Gasteiger partial charge in [-0.15, -0.1) is 0 Å². The van der Waals surface area contributed by atoms with Crippen molar-refractivity contribution in [1.82, 2.24) is 0 Å². The topological polar surface area (TPSA) is 93.5 Å². The van der Waals surface area contributed by atoms with Gasteiger partial charge >= 0.3 is 0 Å². The highest BCUT2D eigenvalue weighted by molar-refractivity contribution is 5.98. The summed E-state index contributed by atoms with van der Waals surface area (Å²) in [5.74, 6) is -0.320. The Bertz CT molecular complexity index is 534. The molecule has 0 bridgehead atoms. The molecule has 1 aliphatic heterocycles. The molecule has 1 fully saturated rings. The molecule has 1 aliphatic rings. The zero-order valence-electron chi connectivity index (χ0n) is 13.0. The lowest BCUT2D eigenvalue weighted by Gasteiger charge is -2.31. The smallest absolute Gasteiger partial charge is 0.244 e. The van der Waals surface area contributed by atoms with E-state index in [2.05, 4.69) is 10.6 Å². The van der Waals surface area contributed by atoms with Gasteiger partial charge in [0.2, 0.25) is 11.8 Å². The first-order valence-corrected chi connectivity index (χ1v) is 7.50. The van der Waals surface area contributed by atoms with E-state index in [9.17, 15) is 9.59 Å². The molecule has 0 saturated carbocycles. The Labute approximate surface area is 130 Å². The second-order valence-corrected chi connectivity index (χ2v) is 5.94. The average Bonchev–Trinajstić information content (AvgIpc) is 2.49. The molecule has 22 heavy (non-hydrogen) atoms. The van der Waals surface area contributed by atoms with Crippen LogP contribution < -0.4 is 16.4 Å². The summed E-state index contributed by atoms with van der Waals surface area (Å²) >= 11 is 0. The molecule has 0 aromatic heterocycles. The van der Waals surface area contributed by atoms with E-state index in [1.807, 2.05) is 13.8 Å². The number of benzene rings is 1. The highest BCUT2D eigenvalue weighted by Gasteiger charge is 2.35. The van der Waals surface area contributed by atoms with Gasteiger partial charge in [0.25, 0.3) is 0 Å². The third-order valence-electron chi connectivity index (χ3n) is 3.77. The van der Waals surface area contributed by atoms with E-state index < -0.39 is 5.54 Å². The maximum atomic E-state index is 12.3. The van der Waals surface area contributed by atoms with Gasteiger partial charge < -0.3 is 21.1 Å². The summed E-state index contributed by atoms with van der Waals surface area (Å²) in [6.07, 6.45) is 1.03. The Morgan fingerprint density at radius 1 is 1.09 bits per heavy atom. The van der Waals surface area contributed by atoms with Crippen molar-refractivity contribution in [3.8, 4) is 0 Å². The van der Waals surface area contributed by atoms with Crippen molar-refractivity contribution in [2.75, 3.05) is 23.8 Å². The van der Waals surface area contributed by atoms with E-state index in [1.54, 1.807) is 24.3 Å². The fraction of sp³-hybridized carbons (Fsp3) is 0.500. The highest BCUT2D eigenvalue weighted by Crippen LogP contribution is 2.21. The Balaban J connectivity index is 1.96. The number of rotatable bonds is 4. The first-order chi connectivity index (χ1) is 10.4. The molecule has 4 N–H and O–H groups in total. The Kier molecular flexibility index (Phi) is 5.15. The molecule has 0 radical (unpaired) electrons. The van der Waals surface area contributed by atoms with E-state index in [1.165, 1.54) is 0 Å². The predicted molar refractivity (Wildman–Crippen MR) is 85.5 cm³/mol. The highest BCUT2D eigenvalue weighted by atomic mass is 16.5. The zero-order valence-corrected chi connectivity index (χ0v) is 13.0. The summed E-state index contributed by atoms with van der Waals surface area (Å²) in [4.78, 5) is 23.9. The van der Waals surface area contributed by atoms with Crippen LogP contribution in [0.1, 0.15) is 26.7 Å². The number of nitrogens with one attached hydrogen (secondary N) is 2. The van der Waals surface area contributed by atoms with Crippen LogP contribution in [0.5, 0.6) is 0 Å². The van der Waals surface area contributed by atoms with Crippen molar-refractivity contribution in [2.45, 2.75) is 32.2 Å². The predicted octanol–water partition coefficient (Wildman–Crippen LogP) is 1.73. The molecule has 0 unspecified atom stereocenters. The lowest BCUT2D eigenvalue weighted by atomic mass is 9.90. The van der Waals surface area contributed by atoms with Crippen LogP contribution in [0.25, 0.3) is 0 Å². The summed E-state index contributed by atoms with van der Waals surface area (Å²) in [6, 6.07) is 7.00. The van der Waals surface area contributed by atoms with E-state index in [0.717, 1.165) is 0 Å². The Morgan fingerprint density at radius 3 is 2.09 bits per heavy atom. The molecular formula is C16H23N3O3. The second kappa shape index (κ2) is 6.89. The summed E-state index contributed by atoms with van der Waals surface area (Å²) in [6.45, 7) is 4.67. The van der Waals surface area contributed by atoms with Crippen LogP contribution >= 0.6 is 0 Å². The number of carbonyl (C=O) groups is 2. The van der Waals surface area contributed by atoms with Gasteiger partial charge in [-0.05, 0) is 37.1 Å². The third kappa shape index (κ3) is 4.05. The molecule has 6 heteroatoms. The van der Waals surface area contributed by atoms with Crippen molar-refractivity contribution >= 4 is 23.2 Å². The van der Waals surface area contributed by atoms with Crippen LogP contribution in [-0.4, -0.2) is 30.6 Å². The molecule has 2 amide bonds. The minimum Gasteiger partial charge on any atom is -0.381 e. The number of nitrogens with two attached hydrogens (primary N) is 1. The van der Waals surface area contributed by atoms with Gasteiger partial charge in [-0.2, -0.15) is 0 Å². The number of carbonyl (C=O) groups excluding carboxylic acids is 2. The van der Waals surface area contributed by atoms with E-state index in [0.29, 0.717) is 37.4 Å². The standard InChI is InChI=1S/C16H23N3O3/c1-11(2)14(20)18-12-3-5-13(6-4-12)19-15(21)16(17)7-9-22-10-8-16/h3-6,11H,7-10,17H2,1-2H3,(H,18,20)(H,19,21). The fourth-order valence-electron chi connectivity index (χ4n) is 2.14. The molecule has 6 nitrogen and oxygen atoms in total. The SMILES string of the molecule is CC(C)C(=O)Nc1ccc(NC(=O)C2(N)CCOCC2)cc1. The molecule has 0 spiro atoms. The van der Waals surface area contributed by atoms with Gasteiger partial charge in [-0.1, -0.05) is 13.8 Å². The summed E-state index contributed by atoms with van der Waals surface area (Å²) in [5, 5.41) is 5.62. The van der Waals surface area contributed by atoms with Crippen molar-refractivity contribution in [3.05, 3.63) is 24.3 Å². The Morgan fingerprint density at radius 2 is 1.59 bits per heavy atom. The molecule has 1 aromatic rings. The van der Waals surface area contributed by atoms with Crippen LogP contribution in [0, 0.1) is 5.92 Å². The zero-order chi connectivity index (χ0) is 16.2. The number of amides is 2. The van der Waals surface area contributed by atoms with Crippen LogP contribution in [0.2, 0.25) is 0 Å². The number of hydrogen-bond acceptors (Lipinski definition) is 4. The maximum Gasteiger partial charge on any atom is 0.244 e. The molecule has 120 valence electrons. The minimum atomic E-state index is -0.872. The van der Waals surface area contributed by atoms with E-state index >= 15 is 0 Å². The van der Waals surface area contributed by atoms with Crippen LogP contribution in [0.3, 0.4) is 0 Å². The lowest BCUT2D eigenvalue weighted by molar-refractivity contribution is -0.124. The van der Waals surface area contributed by atoms with Gasteiger partial charge in [-0.3, -0.25) is 9.59 Å².